The van der Waals surface area contributed by atoms with E-state index in [1.54, 1.807) is 38.1 Å². The summed E-state index contributed by atoms with van der Waals surface area (Å²) in [5, 5.41) is 16.5. The molecule has 4 aromatic rings. The van der Waals surface area contributed by atoms with Crippen LogP contribution in [0.25, 0.3) is 11.3 Å². The Morgan fingerprint density at radius 2 is 1.64 bits per heavy atom. The van der Waals surface area contributed by atoms with Crippen LogP contribution in [0.15, 0.2) is 70.1 Å². The first kappa shape index (κ1) is 27.7. The fourth-order valence-corrected chi connectivity index (χ4v) is 5.24. The predicted octanol–water partition coefficient (Wildman–Crippen LogP) is 6.94. The van der Waals surface area contributed by atoms with Crippen molar-refractivity contribution in [2.24, 2.45) is 0 Å². The molecule has 0 aliphatic rings. The molecule has 0 radical (unpaired) electrons. The van der Waals surface area contributed by atoms with Crippen LogP contribution in [0.2, 0.25) is 0 Å². The topological polar surface area (TPSA) is 108 Å². The fraction of sp³-hybridized carbons (Fsp3) is 0.226. The van der Waals surface area contributed by atoms with Crippen molar-refractivity contribution in [1.82, 2.24) is 4.98 Å². The van der Waals surface area contributed by atoms with E-state index >= 15 is 0 Å². The molecule has 8 heteroatoms. The van der Waals surface area contributed by atoms with Crippen LogP contribution in [-0.2, 0) is 17.6 Å². The summed E-state index contributed by atoms with van der Waals surface area (Å²) in [6.45, 7) is 7.62. The maximum absolute atomic E-state index is 13.4. The Morgan fingerprint density at radius 1 is 0.949 bits per heavy atom. The number of pyridine rings is 1. The summed E-state index contributed by atoms with van der Waals surface area (Å²) in [5.41, 5.74) is 4.84. The number of anilines is 2. The van der Waals surface area contributed by atoms with Gasteiger partial charge in [0.25, 0.3) is 5.91 Å². The lowest BCUT2D eigenvalue weighted by molar-refractivity contribution is -0.113. The molecule has 0 aliphatic carbocycles. The number of benzene rings is 2. The van der Waals surface area contributed by atoms with Gasteiger partial charge in [0.1, 0.15) is 22.6 Å². The average molecular weight is 539 g/mol. The smallest absolute Gasteiger partial charge is 0.258 e. The predicted molar refractivity (Wildman–Crippen MR) is 155 cm³/mol. The molecule has 39 heavy (non-hydrogen) atoms. The first-order chi connectivity index (χ1) is 18.9. The maximum Gasteiger partial charge on any atom is 0.258 e. The minimum atomic E-state index is -0.399. The number of rotatable bonds is 9. The second kappa shape index (κ2) is 12.5. The number of hydrogen-bond acceptors (Lipinski definition) is 6. The minimum absolute atomic E-state index is 0.0501. The quantitative estimate of drug-likeness (QED) is 0.224. The van der Waals surface area contributed by atoms with Crippen LogP contribution in [0, 0.1) is 25.2 Å². The zero-order chi connectivity index (χ0) is 27.9. The van der Waals surface area contributed by atoms with Gasteiger partial charge >= 0.3 is 0 Å². The number of amides is 2. The van der Waals surface area contributed by atoms with E-state index in [9.17, 15) is 14.9 Å². The third-order valence-corrected chi connectivity index (χ3v) is 7.28. The zero-order valence-corrected chi connectivity index (χ0v) is 23.2. The fourth-order valence-electron chi connectivity index (χ4n) is 4.41. The van der Waals surface area contributed by atoms with Crippen molar-refractivity contribution >= 4 is 35.0 Å². The van der Waals surface area contributed by atoms with Crippen LogP contribution in [0.3, 0.4) is 0 Å². The molecule has 2 heterocycles. The normalized spacial score (nSPS) is 10.6. The van der Waals surface area contributed by atoms with Crippen LogP contribution >= 0.6 is 11.8 Å². The molecule has 2 N–H and O–H groups in total. The van der Waals surface area contributed by atoms with Crippen molar-refractivity contribution in [3.05, 3.63) is 94.4 Å². The Balaban J connectivity index is 1.68. The van der Waals surface area contributed by atoms with E-state index in [1.165, 1.54) is 0 Å². The van der Waals surface area contributed by atoms with Gasteiger partial charge in [-0.15, -0.1) is 0 Å². The molecule has 0 saturated heterocycles. The van der Waals surface area contributed by atoms with Gasteiger partial charge in [-0.25, -0.2) is 4.98 Å². The number of thioether (sulfide) groups is 1. The van der Waals surface area contributed by atoms with Crippen molar-refractivity contribution < 1.29 is 14.0 Å². The van der Waals surface area contributed by atoms with Gasteiger partial charge in [0, 0.05) is 11.4 Å². The molecule has 0 unspecified atom stereocenters. The lowest BCUT2D eigenvalue weighted by atomic mass is 9.99. The Bertz CT molecular complexity index is 1530. The van der Waals surface area contributed by atoms with Crippen molar-refractivity contribution in [3.63, 3.8) is 0 Å². The highest BCUT2D eigenvalue weighted by atomic mass is 32.2. The number of aromatic nitrogens is 1. The van der Waals surface area contributed by atoms with E-state index in [1.807, 2.05) is 36.4 Å². The molecule has 2 aromatic heterocycles. The maximum atomic E-state index is 13.4. The summed E-state index contributed by atoms with van der Waals surface area (Å²) < 4.78 is 5.87. The molecule has 0 aliphatic heterocycles. The van der Waals surface area contributed by atoms with Gasteiger partial charge in [-0.1, -0.05) is 62.0 Å². The lowest BCUT2D eigenvalue weighted by Crippen LogP contribution is -2.18. The number of nitrogens with zero attached hydrogens (tertiary/aromatic N) is 2. The summed E-state index contributed by atoms with van der Waals surface area (Å²) in [4.78, 5) is 31.1. The standard InChI is InChI=1S/C31H30N4O3S/c1-5-21-11-10-12-22(6-2)29(21)35-26(36)18-39-31-24(17-32)28(25-16-15-19(3)38-25)27(20(4)33-31)30(37)34-23-13-8-7-9-14-23/h7-16H,5-6,18H2,1-4H3,(H,34,37)(H,35,36). The van der Waals surface area contributed by atoms with Gasteiger partial charge in [0.2, 0.25) is 5.91 Å². The SMILES string of the molecule is CCc1cccc(CC)c1NC(=O)CSc1nc(C)c(C(=O)Nc2ccccc2)c(-c2ccc(C)o2)c1C#N. The van der Waals surface area contributed by atoms with Crippen LogP contribution in [-0.4, -0.2) is 22.6 Å². The number of hydrogen-bond donors (Lipinski definition) is 2. The van der Waals surface area contributed by atoms with Crippen molar-refractivity contribution in [2.45, 2.75) is 45.6 Å². The third kappa shape index (κ3) is 6.21. The monoisotopic (exact) mass is 538 g/mol. The van der Waals surface area contributed by atoms with Crippen LogP contribution in [0.5, 0.6) is 0 Å². The van der Waals surface area contributed by atoms with Gasteiger partial charge < -0.3 is 15.1 Å². The summed E-state index contributed by atoms with van der Waals surface area (Å²) in [6, 6.07) is 20.8. The highest BCUT2D eigenvalue weighted by Gasteiger charge is 2.26. The van der Waals surface area contributed by atoms with Gasteiger partial charge in [-0.2, -0.15) is 5.26 Å². The van der Waals surface area contributed by atoms with Crippen LogP contribution < -0.4 is 10.6 Å². The molecule has 0 atom stereocenters. The molecule has 2 aromatic carbocycles. The number of para-hydroxylation sites is 2. The van der Waals surface area contributed by atoms with E-state index in [2.05, 4.69) is 35.5 Å². The first-order valence-electron chi connectivity index (χ1n) is 12.8. The van der Waals surface area contributed by atoms with Crippen molar-refractivity contribution in [2.75, 3.05) is 16.4 Å². The summed E-state index contributed by atoms with van der Waals surface area (Å²) in [5.74, 6) is 0.495. The van der Waals surface area contributed by atoms with Gasteiger partial charge in [-0.3, -0.25) is 9.59 Å². The molecular weight excluding hydrogens is 508 g/mol. The highest BCUT2D eigenvalue weighted by Crippen LogP contribution is 2.36. The van der Waals surface area contributed by atoms with Gasteiger partial charge in [0.05, 0.1) is 28.1 Å². The second-order valence-corrected chi connectivity index (χ2v) is 9.93. The lowest BCUT2D eigenvalue weighted by Gasteiger charge is -2.16. The molecule has 4 rings (SSSR count). The molecule has 198 valence electrons. The summed E-state index contributed by atoms with van der Waals surface area (Å²) in [6.07, 6.45) is 1.60. The molecule has 0 fully saturated rings. The van der Waals surface area contributed by atoms with Crippen molar-refractivity contribution in [3.8, 4) is 17.4 Å². The van der Waals surface area contributed by atoms with Gasteiger partial charge in [-0.05, 0) is 62.1 Å². The number of carbonyl (C=O) groups is 2. The number of aryl methyl sites for hydroxylation is 4. The van der Waals surface area contributed by atoms with Gasteiger partial charge in [0.15, 0.2) is 0 Å². The molecule has 0 bridgehead atoms. The molecule has 7 nitrogen and oxygen atoms in total. The Hall–Kier alpha value is -4.35. The molecule has 2 amide bonds. The van der Waals surface area contributed by atoms with Crippen LogP contribution in [0.4, 0.5) is 11.4 Å². The van der Waals surface area contributed by atoms with E-state index in [0.717, 1.165) is 41.4 Å². The summed E-state index contributed by atoms with van der Waals surface area (Å²) >= 11 is 1.16. The number of nitriles is 1. The zero-order valence-electron chi connectivity index (χ0n) is 22.4. The van der Waals surface area contributed by atoms with E-state index < -0.39 is 5.91 Å². The summed E-state index contributed by atoms with van der Waals surface area (Å²) in [7, 11) is 0. The average Bonchev–Trinajstić information content (AvgIpc) is 3.37. The van der Waals surface area contributed by atoms with E-state index in [-0.39, 0.29) is 22.8 Å². The number of carbonyl (C=O) groups excluding carboxylic acids is 2. The van der Waals surface area contributed by atoms with E-state index in [0.29, 0.717) is 33.5 Å². The molecular formula is C31H30N4O3S. The second-order valence-electron chi connectivity index (χ2n) is 8.96. The first-order valence-corrected chi connectivity index (χ1v) is 13.8. The van der Waals surface area contributed by atoms with Crippen molar-refractivity contribution in [1.29, 1.82) is 5.26 Å². The van der Waals surface area contributed by atoms with Crippen LogP contribution in [0.1, 0.15) is 52.3 Å². The van der Waals surface area contributed by atoms with E-state index in [4.69, 9.17) is 4.42 Å². The largest absolute Gasteiger partial charge is 0.461 e. The number of nitrogens with one attached hydrogen (secondary N) is 2. The Morgan fingerprint density at radius 3 is 2.23 bits per heavy atom. The highest BCUT2D eigenvalue weighted by molar-refractivity contribution is 8.00. The minimum Gasteiger partial charge on any atom is -0.461 e. The molecule has 0 saturated carbocycles. The molecule has 0 spiro atoms. The Kier molecular flexibility index (Phi) is 8.84. The Labute approximate surface area is 232 Å². The third-order valence-electron chi connectivity index (χ3n) is 6.31. The number of furan rings is 1.